The lowest BCUT2D eigenvalue weighted by atomic mass is 10.0. The maximum absolute atomic E-state index is 13.2. The van der Waals surface area contributed by atoms with Gasteiger partial charge in [-0.1, -0.05) is 13.8 Å². The van der Waals surface area contributed by atoms with Crippen LogP contribution >= 0.6 is 0 Å². The first-order chi connectivity index (χ1) is 18.1. The number of primary amides is 1. The number of carbonyl (C=O) groups is 5. The Morgan fingerprint density at radius 2 is 1.10 bits per heavy atom. The number of hydrogen-bond donors (Lipinski definition) is 10. The molecule has 0 saturated heterocycles. The highest BCUT2D eigenvalue weighted by molar-refractivity contribution is 5.94. The zero-order chi connectivity index (χ0) is 30.1. The molecule has 0 rings (SSSR count). The Morgan fingerprint density at radius 3 is 1.46 bits per heavy atom. The smallest absolute Gasteiger partial charge is 0.326 e. The summed E-state index contributed by atoms with van der Waals surface area (Å²) in [5.74, 6) is -4.74. The van der Waals surface area contributed by atoms with Gasteiger partial charge in [0.15, 0.2) is 11.9 Å². The third-order valence-corrected chi connectivity index (χ3v) is 5.47. The molecule has 0 radical (unpaired) electrons. The van der Waals surface area contributed by atoms with E-state index < -0.39 is 53.8 Å². The molecule has 0 aromatic heterocycles. The Morgan fingerprint density at radius 1 is 0.692 bits per heavy atom. The van der Waals surface area contributed by atoms with Crippen molar-refractivity contribution in [2.45, 2.75) is 76.5 Å². The third-order valence-electron chi connectivity index (χ3n) is 5.47. The molecule has 16 N–H and O–H groups in total. The Hall–Kier alpha value is -4.15. The second-order valence-corrected chi connectivity index (χ2v) is 9.19. The lowest BCUT2D eigenvalue weighted by Crippen LogP contribution is -2.57. The van der Waals surface area contributed by atoms with E-state index in [4.69, 9.17) is 34.4 Å². The van der Waals surface area contributed by atoms with Crippen molar-refractivity contribution in [3.63, 3.8) is 0 Å². The minimum atomic E-state index is -1.43. The molecule has 17 nitrogen and oxygen atoms in total. The summed E-state index contributed by atoms with van der Waals surface area (Å²) in [6.45, 7) is 3.80. The fourth-order valence-electron chi connectivity index (χ4n) is 3.20. The van der Waals surface area contributed by atoms with E-state index in [9.17, 15) is 29.1 Å². The van der Waals surface area contributed by atoms with Crippen LogP contribution in [0.2, 0.25) is 0 Å². The number of aliphatic carboxylic acids is 1. The summed E-state index contributed by atoms with van der Waals surface area (Å²) in [5, 5.41) is 16.9. The Balaban J connectivity index is 5.77. The number of hydrogen-bond acceptors (Lipinski definition) is 8. The summed E-state index contributed by atoms with van der Waals surface area (Å²) in [6, 6.07) is -4.65. The maximum Gasteiger partial charge on any atom is 0.326 e. The monoisotopic (exact) mass is 557 g/mol. The first-order valence-electron chi connectivity index (χ1n) is 12.4. The minimum Gasteiger partial charge on any atom is -0.480 e. The van der Waals surface area contributed by atoms with Crippen molar-refractivity contribution >= 4 is 41.5 Å². The maximum atomic E-state index is 13.2. The van der Waals surface area contributed by atoms with Crippen LogP contribution in [-0.2, 0) is 24.0 Å². The van der Waals surface area contributed by atoms with Gasteiger partial charge in [-0.05, 0) is 38.0 Å². The van der Waals surface area contributed by atoms with Gasteiger partial charge in [0.25, 0.3) is 0 Å². The van der Waals surface area contributed by atoms with Gasteiger partial charge in [-0.15, -0.1) is 0 Å². The lowest BCUT2D eigenvalue weighted by Gasteiger charge is -2.25. The van der Waals surface area contributed by atoms with Gasteiger partial charge in [-0.3, -0.25) is 29.2 Å². The van der Waals surface area contributed by atoms with E-state index in [2.05, 4.69) is 25.9 Å². The Bertz CT molecular complexity index is 901. The predicted octanol–water partition coefficient (Wildman–Crippen LogP) is -4.12. The number of amides is 4. The number of guanidine groups is 2. The topological polar surface area (TPSA) is 323 Å². The summed E-state index contributed by atoms with van der Waals surface area (Å²) < 4.78 is 0. The van der Waals surface area contributed by atoms with Crippen LogP contribution in [0.4, 0.5) is 0 Å². The van der Waals surface area contributed by atoms with Crippen LogP contribution in [0.3, 0.4) is 0 Å². The van der Waals surface area contributed by atoms with Crippen LogP contribution in [0.15, 0.2) is 9.98 Å². The number of carboxylic acid groups (broad SMARTS) is 1. The summed E-state index contributed by atoms with van der Waals surface area (Å²) >= 11 is 0. The van der Waals surface area contributed by atoms with Crippen LogP contribution in [0, 0.1) is 5.92 Å². The summed E-state index contributed by atoms with van der Waals surface area (Å²) in [7, 11) is 0. The molecule has 0 saturated carbocycles. The molecule has 0 aliphatic heterocycles. The van der Waals surface area contributed by atoms with Crippen LogP contribution in [0.1, 0.15) is 52.4 Å². The quantitative estimate of drug-likeness (QED) is 0.0413. The third kappa shape index (κ3) is 15.6. The van der Waals surface area contributed by atoms with Gasteiger partial charge in [-0.2, -0.15) is 0 Å². The van der Waals surface area contributed by atoms with Gasteiger partial charge < -0.3 is 55.5 Å². The van der Waals surface area contributed by atoms with Crippen LogP contribution in [0.25, 0.3) is 0 Å². The molecule has 0 heterocycles. The molecule has 0 aromatic rings. The molecule has 0 aliphatic carbocycles. The molecular weight excluding hydrogens is 514 g/mol. The molecule has 4 unspecified atom stereocenters. The number of nitrogens with two attached hydrogens (primary N) is 6. The van der Waals surface area contributed by atoms with E-state index in [-0.39, 0.29) is 63.0 Å². The van der Waals surface area contributed by atoms with Gasteiger partial charge >= 0.3 is 5.97 Å². The molecule has 17 heteroatoms. The van der Waals surface area contributed by atoms with Crippen molar-refractivity contribution in [1.82, 2.24) is 16.0 Å². The molecule has 0 spiro atoms. The summed E-state index contributed by atoms with van der Waals surface area (Å²) in [4.78, 5) is 69.1. The number of aliphatic imine (C=N–C) groups is 2. The molecule has 222 valence electrons. The molecular formula is C22H43N11O6. The van der Waals surface area contributed by atoms with E-state index in [0.29, 0.717) is 6.42 Å². The van der Waals surface area contributed by atoms with Gasteiger partial charge in [0.05, 0.1) is 6.04 Å². The fourth-order valence-corrected chi connectivity index (χ4v) is 3.20. The van der Waals surface area contributed by atoms with E-state index in [1.165, 1.54) is 0 Å². The van der Waals surface area contributed by atoms with Crippen molar-refractivity contribution in [2.24, 2.45) is 50.3 Å². The second kappa shape index (κ2) is 18.2. The highest BCUT2D eigenvalue weighted by Gasteiger charge is 2.30. The molecule has 0 bridgehead atoms. The van der Waals surface area contributed by atoms with E-state index in [1.54, 1.807) is 13.8 Å². The van der Waals surface area contributed by atoms with Crippen molar-refractivity contribution in [3.8, 4) is 0 Å². The van der Waals surface area contributed by atoms with Crippen molar-refractivity contribution in [1.29, 1.82) is 0 Å². The van der Waals surface area contributed by atoms with E-state index >= 15 is 0 Å². The van der Waals surface area contributed by atoms with E-state index in [1.807, 2.05) is 0 Å². The number of carbonyl (C=O) groups excluding carboxylic acids is 4. The molecule has 0 aliphatic rings. The highest BCUT2D eigenvalue weighted by Crippen LogP contribution is 2.07. The molecule has 0 fully saturated rings. The first kappa shape index (κ1) is 34.9. The summed E-state index contributed by atoms with van der Waals surface area (Å²) in [5.41, 5.74) is 32.3. The average Bonchev–Trinajstić information content (AvgIpc) is 2.83. The normalized spacial score (nSPS) is 13.7. The number of nitrogens with zero attached hydrogens (tertiary/aromatic N) is 2. The Labute approximate surface area is 226 Å². The summed E-state index contributed by atoms with van der Waals surface area (Å²) in [6.07, 6.45) is 0.159. The van der Waals surface area contributed by atoms with Gasteiger partial charge in [-0.25, -0.2) is 4.79 Å². The van der Waals surface area contributed by atoms with Crippen molar-refractivity contribution in [3.05, 3.63) is 0 Å². The lowest BCUT2D eigenvalue weighted by molar-refractivity contribution is -0.142. The first-order valence-corrected chi connectivity index (χ1v) is 12.4. The average molecular weight is 558 g/mol. The van der Waals surface area contributed by atoms with E-state index in [0.717, 1.165) is 0 Å². The van der Waals surface area contributed by atoms with Crippen molar-refractivity contribution < 1.29 is 29.1 Å². The van der Waals surface area contributed by atoms with Gasteiger partial charge in [0.2, 0.25) is 23.6 Å². The predicted molar refractivity (Wildman–Crippen MR) is 144 cm³/mol. The molecule has 39 heavy (non-hydrogen) atoms. The number of carboxylic acids is 1. The van der Waals surface area contributed by atoms with Gasteiger partial charge in [0.1, 0.15) is 18.1 Å². The number of nitrogens with one attached hydrogen (secondary N) is 3. The zero-order valence-electron chi connectivity index (χ0n) is 22.4. The zero-order valence-corrected chi connectivity index (χ0v) is 22.4. The SMILES string of the molecule is CC(C)C(N)C(=O)NC(CCCN=C(N)N)C(=O)NC(CCCN=C(N)N)C(=O)NC(CCC(N)=O)C(=O)O. The van der Waals surface area contributed by atoms with Crippen LogP contribution in [0.5, 0.6) is 0 Å². The molecule has 4 atom stereocenters. The highest BCUT2D eigenvalue weighted by atomic mass is 16.4. The molecule has 4 amide bonds. The van der Waals surface area contributed by atoms with Gasteiger partial charge in [0, 0.05) is 19.5 Å². The Kier molecular flexibility index (Phi) is 16.2. The second-order valence-electron chi connectivity index (χ2n) is 9.19. The number of rotatable bonds is 19. The fraction of sp³-hybridized carbons (Fsp3) is 0.682. The van der Waals surface area contributed by atoms with Crippen LogP contribution in [-0.4, -0.2) is 83.9 Å². The largest absolute Gasteiger partial charge is 0.480 e. The van der Waals surface area contributed by atoms with Crippen molar-refractivity contribution in [2.75, 3.05) is 13.1 Å². The molecule has 0 aromatic carbocycles. The van der Waals surface area contributed by atoms with Crippen LogP contribution < -0.4 is 50.4 Å². The standard InChI is InChI=1S/C22H43N11O6/c1-11(2)16(24)19(37)32-13(6-4-10-30-22(27)28)17(35)31-12(5-3-9-29-21(25)26)18(36)33-14(20(38)39)7-8-15(23)34/h11-14,16H,3-10,24H2,1-2H3,(H2,23,34)(H,31,35)(H,32,37)(H,33,36)(H,38,39)(H4,25,26,29)(H4,27,28,30). The minimum absolute atomic E-state index is 0.0245.